The molecule has 106 valence electrons. The molecule has 6 nitrogen and oxygen atoms in total. The van der Waals surface area contributed by atoms with Gasteiger partial charge in [-0.25, -0.2) is 9.97 Å². The molecule has 0 atom stereocenters. The van der Waals surface area contributed by atoms with Crippen LogP contribution in [-0.2, 0) is 22.4 Å². The van der Waals surface area contributed by atoms with Crippen LogP contribution in [0.15, 0.2) is 6.33 Å². The van der Waals surface area contributed by atoms with Crippen molar-refractivity contribution in [3.05, 3.63) is 17.6 Å². The fraction of sp³-hybridized carbons (Fsp3) is 0.692. The molecule has 0 saturated heterocycles. The predicted molar refractivity (Wildman–Crippen MR) is 70.2 cm³/mol. The van der Waals surface area contributed by atoms with Crippen molar-refractivity contribution in [2.75, 3.05) is 40.1 Å². The minimum absolute atomic E-state index is 0.510. The minimum Gasteiger partial charge on any atom is -0.475 e. The first-order valence-corrected chi connectivity index (χ1v) is 6.64. The van der Waals surface area contributed by atoms with Crippen molar-refractivity contribution in [1.29, 1.82) is 0 Å². The average molecular weight is 267 g/mol. The van der Waals surface area contributed by atoms with Crippen LogP contribution in [0.1, 0.15) is 17.7 Å². The molecule has 1 aliphatic rings. The molecule has 0 bridgehead atoms. The van der Waals surface area contributed by atoms with Crippen LogP contribution >= 0.6 is 0 Å². The molecule has 0 saturated carbocycles. The molecule has 0 aromatic carbocycles. The van der Waals surface area contributed by atoms with Gasteiger partial charge in [-0.1, -0.05) is 0 Å². The molecule has 19 heavy (non-hydrogen) atoms. The molecule has 2 rings (SSSR count). The Bertz CT molecular complexity index is 387. The summed E-state index contributed by atoms with van der Waals surface area (Å²) in [5, 5.41) is 3.30. The van der Waals surface area contributed by atoms with E-state index in [9.17, 15) is 0 Å². The quantitative estimate of drug-likeness (QED) is 0.694. The first-order valence-electron chi connectivity index (χ1n) is 6.64. The van der Waals surface area contributed by atoms with Gasteiger partial charge in [-0.15, -0.1) is 0 Å². The van der Waals surface area contributed by atoms with Crippen molar-refractivity contribution in [3.63, 3.8) is 0 Å². The first-order chi connectivity index (χ1) is 9.42. The Morgan fingerprint density at radius 2 is 2.16 bits per heavy atom. The Kier molecular flexibility index (Phi) is 6.00. The van der Waals surface area contributed by atoms with Crippen LogP contribution in [0.4, 0.5) is 0 Å². The third-order valence-electron chi connectivity index (χ3n) is 2.94. The molecule has 1 aromatic heterocycles. The highest BCUT2D eigenvalue weighted by Gasteiger charge is 2.15. The molecule has 0 amide bonds. The summed E-state index contributed by atoms with van der Waals surface area (Å²) in [6.07, 6.45) is 3.41. The maximum absolute atomic E-state index is 5.66. The van der Waals surface area contributed by atoms with Crippen molar-refractivity contribution in [2.24, 2.45) is 0 Å². The van der Waals surface area contributed by atoms with Crippen LogP contribution in [-0.4, -0.2) is 50.1 Å². The van der Waals surface area contributed by atoms with Crippen LogP contribution in [0, 0.1) is 0 Å². The van der Waals surface area contributed by atoms with E-state index >= 15 is 0 Å². The van der Waals surface area contributed by atoms with Gasteiger partial charge in [-0.3, -0.25) is 0 Å². The number of fused-ring (bicyclic) bond motifs is 1. The molecule has 0 radical (unpaired) electrons. The van der Waals surface area contributed by atoms with E-state index in [0.717, 1.165) is 43.8 Å². The van der Waals surface area contributed by atoms with Gasteiger partial charge in [-0.2, -0.15) is 0 Å². The van der Waals surface area contributed by atoms with Gasteiger partial charge in [0.05, 0.1) is 12.3 Å². The van der Waals surface area contributed by atoms with Crippen LogP contribution in [0.2, 0.25) is 0 Å². The van der Waals surface area contributed by atoms with E-state index in [4.69, 9.17) is 14.2 Å². The Balaban J connectivity index is 1.71. The summed E-state index contributed by atoms with van der Waals surface area (Å²) >= 11 is 0. The molecule has 2 heterocycles. The third-order valence-corrected chi connectivity index (χ3v) is 2.94. The number of rotatable bonds is 8. The summed E-state index contributed by atoms with van der Waals surface area (Å²) in [6, 6.07) is 0. The fourth-order valence-corrected chi connectivity index (χ4v) is 1.97. The van der Waals surface area contributed by atoms with Gasteiger partial charge in [0.2, 0.25) is 5.88 Å². The summed E-state index contributed by atoms with van der Waals surface area (Å²) in [5.74, 6) is 0.678. The first kappa shape index (κ1) is 14.2. The standard InChI is InChI=1S/C13H21N3O3/c1-17-5-2-6-18-7-8-19-13-11-9-14-4-3-12(11)15-10-16-13/h10,14H,2-9H2,1H3. The fourth-order valence-electron chi connectivity index (χ4n) is 1.97. The zero-order chi connectivity index (χ0) is 13.3. The highest BCUT2D eigenvalue weighted by atomic mass is 16.5. The Labute approximate surface area is 113 Å². The van der Waals surface area contributed by atoms with Crippen molar-refractivity contribution >= 4 is 0 Å². The SMILES string of the molecule is COCCCOCCOc1ncnc2c1CNCC2. The summed E-state index contributed by atoms with van der Waals surface area (Å²) in [6.45, 7) is 4.24. The van der Waals surface area contributed by atoms with E-state index in [1.54, 1.807) is 13.4 Å². The zero-order valence-corrected chi connectivity index (χ0v) is 11.4. The second-order valence-electron chi connectivity index (χ2n) is 4.34. The molecule has 1 aliphatic heterocycles. The Hall–Kier alpha value is -1.24. The van der Waals surface area contributed by atoms with Crippen LogP contribution in [0.5, 0.6) is 5.88 Å². The molecule has 0 spiro atoms. The lowest BCUT2D eigenvalue weighted by molar-refractivity contribution is 0.0791. The smallest absolute Gasteiger partial charge is 0.221 e. The number of methoxy groups -OCH3 is 1. The van der Waals surface area contributed by atoms with E-state index in [0.29, 0.717) is 25.7 Å². The minimum atomic E-state index is 0.510. The monoisotopic (exact) mass is 267 g/mol. The normalized spacial score (nSPS) is 14.2. The van der Waals surface area contributed by atoms with Crippen LogP contribution < -0.4 is 10.1 Å². The molecule has 0 fully saturated rings. The molecular formula is C13H21N3O3. The van der Waals surface area contributed by atoms with E-state index < -0.39 is 0 Å². The van der Waals surface area contributed by atoms with E-state index in [1.807, 2.05) is 0 Å². The van der Waals surface area contributed by atoms with Crippen molar-refractivity contribution < 1.29 is 14.2 Å². The van der Waals surface area contributed by atoms with Gasteiger partial charge in [0, 0.05) is 45.4 Å². The molecule has 1 aromatic rings. The predicted octanol–water partition coefficient (Wildman–Crippen LogP) is 0.554. The second kappa shape index (κ2) is 8.04. The lowest BCUT2D eigenvalue weighted by Gasteiger charge is -2.18. The zero-order valence-electron chi connectivity index (χ0n) is 11.4. The highest BCUT2D eigenvalue weighted by Crippen LogP contribution is 2.20. The highest BCUT2D eigenvalue weighted by molar-refractivity contribution is 5.31. The van der Waals surface area contributed by atoms with Gasteiger partial charge in [0.25, 0.3) is 0 Å². The summed E-state index contributed by atoms with van der Waals surface area (Å²) in [5.41, 5.74) is 2.16. The number of hydrogen-bond donors (Lipinski definition) is 1. The van der Waals surface area contributed by atoms with Crippen molar-refractivity contribution in [3.8, 4) is 5.88 Å². The van der Waals surface area contributed by atoms with Gasteiger partial charge in [0.1, 0.15) is 12.9 Å². The molecule has 6 heteroatoms. The van der Waals surface area contributed by atoms with Gasteiger partial charge >= 0.3 is 0 Å². The average Bonchev–Trinajstić information content (AvgIpc) is 2.46. The molecule has 0 aliphatic carbocycles. The summed E-state index contributed by atoms with van der Waals surface area (Å²) in [4.78, 5) is 8.47. The van der Waals surface area contributed by atoms with E-state index in [1.165, 1.54) is 0 Å². The van der Waals surface area contributed by atoms with Crippen LogP contribution in [0.3, 0.4) is 0 Å². The van der Waals surface area contributed by atoms with E-state index in [-0.39, 0.29) is 0 Å². The number of ether oxygens (including phenoxy) is 3. The lowest BCUT2D eigenvalue weighted by Crippen LogP contribution is -2.26. The van der Waals surface area contributed by atoms with Gasteiger partial charge < -0.3 is 19.5 Å². The Morgan fingerprint density at radius 1 is 1.21 bits per heavy atom. The van der Waals surface area contributed by atoms with Gasteiger partial charge in [-0.05, 0) is 6.42 Å². The lowest BCUT2D eigenvalue weighted by atomic mass is 10.1. The maximum atomic E-state index is 5.66. The molecule has 0 unspecified atom stereocenters. The third kappa shape index (κ3) is 4.41. The number of nitrogens with one attached hydrogen (secondary N) is 1. The Morgan fingerprint density at radius 3 is 3.05 bits per heavy atom. The topological polar surface area (TPSA) is 65.5 Å². The largest absolute Gasteiger partial charge is 0.475 e. The summed E-state index contributed by atoms with van der Waals surface area (Å²) < 4.78 is 16.0. The number of hydrogen-bond acceptors (Lipinski definition) is 6. The van der Waals surface area contributed by atoms with E-state index in [2.05, 4.69) is 15.3 Å². The summed E-state index contributed by atoms with van der Waals surface area (Å²) in [7, 11) is 1.69. The molecular weight excluding hydrogens is 246 g/mol. The van der Waals surface area contributed by atoms with Crippen LogP contribution in [0.25, 0.3) is 0 Å². The maximum Gasteiger partial charge on any atom is 0.221 e. The van der Waals surface area contributed by atoms with Crippen molar-refractivity contribution in [2.45, 2.75) is 19.4 Å². The number of nitrogens with zero attached hydrogens (tertiary/aromatic N) is 2. The van der Waals surface area contributed by atoms with Crippen molar-refractivity contribution in [1.82, 2.24) is 15.3 Å². The van der Waals surface area contributed by atoms with Gasteiger partial charge in [0.15, 0.2) is 0 Å². The number of aromatic nitrogens is 2. The molecule has 1 N–H and O–H groups in total. The second-order valence-corrected chi connectivity index (χ2v) is 4.34.